The second kappa shape index (κ2) is 4.49. The number of hydrogen-bond acceptors (Lipinski definition) is 4. The Labute approximate surface area is 82.1 Å². The lowest BCUT2D eigenvalue weighted by Gasteiger charge is -2.35. The van der Waals surface area contributed by atoms with Crippen LogP contribution in [0, 0.1) is 11.3 Å². The fourth-order valence-corrected chi connectivity index (χ4v) is 2.70. The Bertz CT molecular complexity index is 238. The molecular weight excluding hydrogens is 186 g/mol. The van der Waals surface area contributed by atoms with E-state index in [4.69, 9.17) is 11.0 Å². The molecule has 1 aliphatic rings. The predicted molar refractivity (Wildman–Crippen MR) is 52.1 cm³/mol. The van der Waals surface area contributed by atoms with Crippen LogP contribution in [0.25, 0.3) is 0 Å². The van der Waals surface area contributed by atoms with Crippen LogP contribution in [0.5, 0.6) is 0 Å². The molecule has 0 aliphatic carbocycles. The van der Waals surface area contributed by atoms with Gasteiger partial charge in [-0.05, 0) is 6.54 Å². The molecule has 0 aromatic rings. The quantitative estimate of drug-likeness (QED) is 0.668. The molecule has 13 heavy (non-hydrogen) atoms. The van der Waals surface area contributed by atoms with Gasteiger partial charge in [-0.25, -0.2) is 0 Å². The lowest BCUT2D eigenvalue weighted by Crippen LogP contribution is -2.54. The lowest BCUT2D eigenvalue weighted by atomic mass is 10.2. The molecule has 0 spiro atoms. The summed E-state index contributed by atoms with van der Waals surface area (Å²) in [7, 11) is 0. The maximum Gasteiger partial charge on any atom is 0.235 e. The van der Waals surface area contributed by atoms with Crippen LogP contribution in [0.15, 0.2) is 0 Å². The Hall–Kier alpha value is -0.730. The zero-order valence-electron chi connectivity index (χ0n) is 7.56. The van der Waals surface area contributed by atoms with E-state index in [1.807, 2.05) is 11.8 Å². The third-order valence-electron chi connectivity index (χ3n) is 2.19. The number of amides is 1. The van der Waals surface area contributed by atoms with Gasteiger partial charge in [0.1, 0.15) is 6.04 Å². The van der Waals surface area contributed by atoms with Crippen molar-refractivity contribution in [3.8, 4) is 6.07 Å². The second-order valence-corrected chi connectivity index (χ2v) is 4.01. The Morgan fingerprint density at radius 2 is 2.46 bits per heavy atom. The molecule has 72 valence electrons. The van der Waals surface area contributed by atoms with Gasteiger partial charge in [0, 0.05) is 11.5 Å². The van der Waals surface area contributed by atoms with E-state index in [2.05, 4.69) is 6.07 Å². The molecule has 1 heterocycles. The average Bonchev–Trinajstić information content (AvgIpc) is 2.16. The number of nitriles is 1. The van der Waals surface area contributed by atoms with Gasteiger partial charge in [-0.15, -0.1) is 0 Å². The molecule has 1 rings (SSSR count). The molecule has 0 bridgehead atoms. The minimum Gasteiger partial charge on any atom is -0.368 e. The van der Waals surface area contributed by atoms with Gasteiger partial charge in [0.25, 0.3) is 0 Å². The molecule has 1 amide bonds. The molecule has 0 aromatic carbocycles. The second-order valence-electron chi connectivity index (χ2n) is 2.93. The molecule has 0 saturated carbocycles. The van der Waals surface area contributed by atoms with Gasteiger partial charge < -0.3 is 5.73 Å². The van der Waals surface area contributed by atoms with Crippen molar-refractivity contribution >= 4 is 17.7 Å². The van der Waals surface area contributed by atoms with Gasteiger partial charge in [-0.1, -0.05) is 6.92 Å². The Morgan fingerprint density at radius 1 is 1.77 bits per heavy atom. The molecule has 2 N–H and O–H groups in total. The largest absolute Gasteiger partial charge is 0.368 e. The van der Waals surface area contributed by atoms with Crippen molar-refractivity contribution in [2.24, 2.45) is 5.73 Å². The number of carbonyl (C=O) groups is 1. The SMILES string of the molecule is CCN1[C@H](C#N)CSC[C@@H]1C(N)=O. The van der Waals surface area contributed by atoms with Gasteiger partial charge in [-0.2, -0.15) is 17.0 Å². The summed E-state index contributed by atoms with van der Waals surface area (Å²) in [5.74, 6) is 1.16. The van der Waals surface area contributed by atoms with Crippen LogP contribution < -0.4 is 5.73 Å². The van der Waals surface area contributed by atoms with Gasteiger partial charge in [0.2, 0.25) is 5.91 Å². The van der Waals surface area contributed by atoms with Crippen LogP contribution in [0.4, 0.5) is 0 Å². The summed E-state index contributed by atoms with van der Waals surface area (Å²) in [5.41, 5.74) is 5.25. The van der Waals surface area contributed by atoms with E-state index in [1.54, 1.807) is 11.8 Å². The highest BCUT2D eigenvalue weighted by atomic mass is 32.2. The van der Waals surface area contributed by atoms with Gasteiger partial charge in [0.05, 0.1) is 12.1 Å². The normalized spacial score (nSPS) is 29.5. The number of primary amides is 1. The molecule has 2 atom stereocenters. The van der Waals surface area contributed by atoms with Gasteiger partial charge in [0.15, 0.2) is 0 Å². The monoisotopic (exact) mass is 199 g/mol. The van der Waals surface area contributed by atoms with Crippen molar-refractivity contribution in [2.75, 3.05) is 18.1 Å². The van der Waals surface area contributed by atoms with Crippen molar-refractivity contribution in [3.05, 3.63) is 0 Å². The first-order valence-electron chi connectivity index (χ1n) is 4.23. The van der Waals surface area contributed by atoms with E-state index in [0.717, 1.165) is 5.75 Å². The Balaban J connectivity index is 2.74. The van der Waals surface area contributed by atoms with Crippen LogP contribution in [0.1, 0.15) is 6.92 Å². The summed E-state index contributed by atoms with van der Waals surface area (Å²) in [6.07, 6.45) is 0. The topological polar surface area (TPSA) is 70.1 Å². The molecular formula is C8H13N3OS. The third kappa shape index (κ3) is 2.14. The van der Waals surface area contributed by atoms with Crippen LogP contribution in [-0.2, 0) is 4.79 Å². The van der Waals surface area contributed by atoms with E-state index in [1.165, 1.54) is 0 Å². The fourth-order valence-electron chi connectivity index (χ4n) is 1.50. The average molecular weight is 199 g/mol. The number of nitrogens with two attached hydrogens (primary N) is 1. The highest BCUT2D eigenvalue weighted by molar-refractivity contribution is 7.99. The van der Waals surface area contributed by atoms with E-state index in [9.17, 15) is 4.79 Å². The number of rotatable bonds is 2. The zero-order chi connectivity index (χ0) is 9.84. The van der Waals surface area contributed by atoms with E-state index < -0.39 is 0 Å². The lowest BCUT2D eigenvalue weighted by molar-refractivity contribution is -0.122. The smallest absolute Gasteiger partial charge is 0.235 e. The number of nitrogens with zero attached hydrogens (tertiary/aromatic N) is 2. The van der Waals surface area contributed by atoms with Crippen LogP contribution in [-0.4, -0.2) is 40.9 Å². The molecule has 1 aliphatic heterocycles. The van der Waals surface area contributed by atoms with E-state index in [-0.39, 0.29) is 18.0 Å². The predicted octanol–water partition coefficient (Wildman–Crippen LogP) is -0.199. The summed E-state index contributed by atoms with van der Waals surface area (Å²) >= 11 is 1.62. The first-order valence-corrected chi connectivity index (χ1v) is 5.38. The van der Waals surface area contributed by atoms with Crippen molar-refractivity contribution < 1.29 is 4.79 Å². The van der Waals surface area contributed by atoms with Crippen molar-refractivity contribution in [1.82, 2.24) is 4.90 Å². The maximum absolute atomic E-state index is 11.0. The van der Waals surface area contributed by atoms with E-state index >= 15 is 0 Å². The summed E-state index contributed by atoms with van der Waals surface area (Å²) < 4.78 is 0. The van der Waals surface area contributed by atoms with Crippen molar-refractivity contribution in [1.29, 1.82) is 5.26 Å². The molecule has 4 nitrogen and oxygen atoms in total. The highest BCUT2D eigenvalue weighted by Crippen LogP contribution is 2.20. The summed E-state index contributed by atoms with van der Waals surface area (Å²) in [6, 6.07) is 1.75. The number of carbonyl (C=O) groups excluding carboxylic acids is 1. The summed E-state index contributed by atoms with van der Waals surface area (Å²) in [5, 5.41) is 8.83. The molecule has 0 radical (unpaired) electrons. The van der Waals surface area contributed by atoms with E-state index in [0.29, 0.717) is 12.3 Å². The molecule has 0 unspecified atom stereocenters. The Kier molecular flexibility index (Phi) is 3.58. The van der Waals surface area contributed by atoms with Crippen LogP contribution in [0.2, 0.25) is 0 Å². The molecule has 1 fully saturated rings. The fraction of sp³-hybridized carbons (Fsp3) is 0.750. The zero-order valence-corrected chi connectivity index (χ0v) is 8.38. The van der Waals surface area contributed by atoms with Crippen LogP contribution in [0.3, 0.4) is 0 Å². The Morgan fingerprint density at radius 3 is 2.92 bits per heavy atom. The highest BCUT2D eigenvalue weighted by Gasteiger charge is 2.32. The summed E-state index contributed by atoms with van der Waals surface area (Å²) in [6.45, 7) is 2.64. The minimum atomic E-state index is -0.325. The number of thioether (sulfide) groups is 1. The van der Waals surface area contributed by atoms with Crippen molar-refractivity contribution in [2.45, 2.75) is 19.0 Å². The molecule has 5 heteroatoms. The summed E-state index contributed by atoms with van der Waals surface area (Å²) in [4.78, 5) is 12.9. The number of hydrogen-bond donors (Lipinski definition) is 1. The minimum absolute atomic E-state index is 0.166. The number of likely N-dealkylation sites (N-methyl/N-ethyl adjacent to an activating group) is 1. The van der Waals surface area contributed by atoms with Crippen LogP contribution >= 0.6 is 11.8 Å². The van der Waals surface area contributed by atoms with Gasteiger partial charge in [-0.3, -0.25) is 9.69 Å². The van der Waals surface area contributed by atoms with Crippen molar-refractivity contribution in [3.63, 3.8) is 0 Å². The standard InChI is InChI=1S/C8H13N3OS/c1-2-11-6(3-9)4-13-5-7(11)8(10)12/h6-7H,2,4-5H2,1H3,(H2,10,12)/t6-,7-/m1/s1. The molecule has 0 aromatic heterocycles. The van der Waals surface area contributed by atoms with Gasteiger partial charge >= 0.3 is 0 Å². The third-order valence-corrected chi connectivity index (χ3v) is 3.30. The maximum atomic E-state index is 11.0. The molecule has 1 saturated heterocycles. The first kappa shape index (κ1) is 10.4. The first-order chi connectivity index (χ1) is 6.20.